The van der Waals surface area contributed by atoms with Crippen molar-refractivity contribution >= 4 is 81.9 Å². The van der Waals surface area contributed by atoms with Crippen molar-refractivity contribution in [2.75, 3.05) is 13.7 Å². The van der Waals surface area contributed by atoms with Gasteiger partial charge in [-0.05, 0) is 144 Å². The number of aliphatic hydroxyl groups excluding tert-OH is 6. The number of ether oxygens (including phenoxy) is 6. The Morgan fingerprint density at radius 2 is 1.32 bits per heavy atom. The van der Waals surface area contributed by atoms with Gasteiger partial charge in [0.2, 0.25) is 35.7 Å². The molecule has 115 heavy (non-hydrogen) atoms. The van der Waals surface area contributed by atoms with Crippen molar-refractivity contribution in [2.45, 2.75) is 170 Å². The largest absolute Gasteiger partial charge is 0.508 e. The number of primary amides is 1. The topological polar surface area (TPSA) is 477 Å². The second kappa shape index (κ2) is 36.9. The SMILES string of the molecule is CN[C@H](CC(C)C)C(=O)N[C@H]1C(=O)C[C@@H](CC(N)=O)C(=O)N[C@H]2C(=O)C[C@@H]3C(=O)C[C@H](C(=O)NCc4cc(O)cc(O)c4-c4cc3ccc4O)[C@H](O)c3ccc(c(Cl)c3)Oc3cc2cc(c3OC2OC(CO)C(O)[C@H](O)[C@H]2O[C@H]2CC(C)(NCc3ccc(-c4ccc(Cl)cc4)cc3)[C@H](O)[C@H](C)O2)Oc2ccc(cc2Cl)[C@H]1O.O=C=O. The fraction of sp³-hybridized carbons (Fsp3) is 0.390. The second-order valence-corrected chi connectivity index (χ2v) is 30.9. The van der Waals surface area contributed by atoms with Gasteiger partial charge in [0.15, 0.2) is 35.5 Å². The fourth-order valence-corrected chi connectivity index (χ4v) is 15.5. The van der Waals surface area contributed by atoms with E-state index in [1.54, 1.807) is 26.0 Å². The fourth-order valence-electron chi connectivity index (χ4n) is 15.0. The van der Waals surface area contributed by atoms with Crippen LogP contribution in [-0.4, -0.2) is 174 Å². The Labute approximate surface area is 674 Å². The number of aromatic hydroxyl groups is 3. The number of carbonyl (C=O) groups excluding carboxylic acids is 9. The Hall–Kier alpha value is -9.96. The lowest BCUT2D eigenvalue weighted by Crippen LogP contribution is -2.65. The van der Waals surface area contributed by atoms with Crippen LogP contribution in [0.2, 0.25) is 15.1 Å². The molecule has 0 aliphatic carbocycles. The summed E-state index contributed by atoms with van der Waals surface area (Å²) in [4.78, 5) is 121. The van der Waals surface area contributed by atoms with E-state index in [1.807, 2.05) is 50.2 Å². The lowest BCUT2D eigenvalue weighted by atomic mass is 9.80. The van der Waals surface area contributed by atoms with E-state index >= 15 is 19.2 Å². The molecule has 2 fully saturated rings. The highest BCUT2D eigenvalue weighted by molar-refractivity contribution is 6.32. The molecule has 0 radical (unpaired) electrons. The third kappa shape index (κ3) is 19.6. The number of phenolic OH excluding ortho intramolecular Hbond substituents is 3. The number of halogens is 3. The summed E-state index contributed by atoms with van der Waals surface area (Å²) in [6, 6.07) is 26.0. The van der Waals surface area contributed by atoms with Gasteiger partial charge in [-0.25, -0.2) is 0 Å². The van der Waals surface area contributed by atoms with E-state index in [9.17, 15) is 60.3 Å². The number of fused-ring (bicyclic) bond motifs is 15. The minimum absolute atomic E-state index is 0.0284. The smallest absolute Gasteiger partial charge is 0.373 e. The number of nitrogens with two attached hydrogens (primary N) is 1. The van der Waals surface area contributed by atoms with Gasteiger partial charge in [-0.2, -0.15) is 9.59 Å². The summed E-state index contributed by atoms with van der Waals surface area (Å²) < 4.78 is 39.7. The first-order valence-corrected chi connectivity index (χ1v) is 38.0. The maximum atomic E-state index is 16.3. The Morgan fingerprint density at radius 1 is 0.704 bits per heavy atom. The molecule has 0 saturated carbocycles. The summed E-state index contributed by atoms with van der Waals surface area (Å²) >= 11 is 20.5. The zero-order valence-corrected chi connectivity index (χ0v) is 64.9. The molecule has 30 nitrogen and oxygen atoms in total. The average Bonchev–Trinajstić information content (AvgIpc) is 0.768. The quantitative estimate of drug-likeness (QED) is 0.0458. The number of Topliss-reactive ketones (excluding diaryl/α,β-unsaturated/α-hetero) is 3. The van der Waals surface area contributed by atoms with Gasteiger partial charge in [0, 0.05) is 78.9 Å². The van der Waals surface area contributed by atoms with Gasteiger partial charge >= 0.3 is 6.15 Å². The molecule has 2 saturated heterocycles. The Bertz CT molecular complexity index is 4840. The molecule has 33 heteroatoms. The van der Waals surface area contributed by atoms with Crippen LogP contribution in [0.5, 0.6) is 46.0 Å². The third-order valence-corrected chi connectivity index (χ3v) is 22.0. The first-order valence-electron chi connectivity index (χ1n) is 36.9. The first-order chi connectivity index (χ1) is 54.7. The van der Waals surface area contributed by atoms with Crippen LogP contribution in [0, 0.1) is 17.8 Å². The summed E-state index contributed by atoms with van der Waals surface area (Å²) in [5.41, 5.74) is 6.68. The standard InChI is InChI=1S/C81H87Cl3N6O22.CO2/c1-36(2)20-54(86-5)79(106)90-69-58(96)25-45(28-65(85)98)77(104)89-68-44-26-62(108-60-18-13-42(23-52(60)83)70(99)51-31-56(94)49(30-59(68)97)41-12-17-55(93)50(22-41)67-46(34-87-78(51)105)21-48(92)29-57(67)95)74(63(27-44)109-61-19-14-43(71(69)100)24-53(61)84)112-80-75(73(102)72(101)64(35-91)110-80)111-66-32-81(4,76(103)37(3)107-66)88-33-38-6-8-39(9-7-38)40-10-15-47(82)16-11-40;2-1-3/h6-19,21-24,26-27,29,36-37,45,49,51,54,64,66,68-73,75-76,80,86,88,91-93,95,99-103H,20,25,28,30-35H2,1-5H3,(H2,85,98)(H,87,105)(H,89,104)(H,90,106);/t37-,45-,49-,51-,54+,64?,66-,68+,69-,70+,71+,72?,73-,75+,76+,80?,81?;/m0./s1. The van der Waals surface area contributed by atoms with Gasteiger partial charge in [0.1, 0.15) is 71.0 Å². The zero-order chi connectivity index (χ0) is 83.2. The van der Waals surface area contributed by atoms with E-state index in [1.165, 1.54) is 67.7 Å². The summed E-state index contributed by atoms with van der Waals surface area (Å²) in [5, 5.41) is 120. The van der Waals surface area contributed by atoms with Crippen LogP contribution in [-0.2, 0) is 70.5 Å². The molecule has 4 amide bonds. The van der Waals surface area contributed by atoms with E-state index in [0.29, 0.717) is 5.02 Å². The van der Waals surface area contributed by atoms with Gasteiger partial charge in [-0.1, -0.05) is 103 Å². The van der Waals surface area contributed by atoms with Gasteiger partial charge in [0.05, 0.1) is 52.8 Å². The normalized spacial score (nSPS) is 26.6. The predicted octanol–water partition coefficient (Wildman–Crippen LogP) is 7.12. The minimum atomic E-state index is -2.11. The monoisotopic (exact) mass is 1640 g/mol. The average molecular weight is 1650 g/mol. The maximum absolute atomic E-state index is 16.3. The van der Waals surface area contributed by atoms with Crippen LogP contribution in [0.4, 0.5) is 0 Å². The van der Waals surface area contributed by atoms with Crippen LogP contribution in [0.3, 0.4) is 0 Å². The number of amides is 4. The van der Waals surface area contributed by atoms with Crippen LogP contribution in [0.15, 0.2) is 127 Å². The molecular weight excluding hydrogens is 1560 g/mol. The third-order valence-electron chi connectivity index (χ3n) is 21.1. The van der Waals surface area contributed by atoms with Crippen LogP contribution < -0.4 is 46.5 Å². The van der Waals surface area contributed by atoms with Crippen molar-refractivity contribution in [1.82, 2.24) is 26.6 Å². The molecule has 14 rings (SSSR count). The number of aliphatic hydroxyl groups is 6. The zero-order valence-electron chi connectivity index (χ0n) is 62.7. The summed E-state index contributed by atoms with van der Waals surface area (Å²) in [5.74, 6) is -15.9. The Balaban J connectivity index is 0.00000427. The molecule has 0 spiro atoms. The number of carbonyl (C=O) groups is 7. The van der Waals surface area contributed by atoms with Crippen molar-refractivity contribution in [2.24, 2.45) is 23.5 Å². The molecule has 7 aliphatic heterocycles. The molecule has 16 N–H and O–H groups in total. The highest BCUT2D eigenvalue weighted by atomic mass is 35.5. The van der Waals surface area contributed by atoms with Crippen molar-refractivity contribution in [1.29, 1.82) is 0 Å². The summed E-state index contributed by atoms with van der Waals surface area (Å²) in [6.45, 7) is 5.89. The molecule has 0 aromatic heterocycles. The van der Waals surface area contributed by atoms with Gasteiger partial charge in [0.25, 0.3) is 0 Å². The van der Waals surface area contributed by atoms with E-state index < -0.39 is 217 Å². The number of likely N-dealkylation sites (N-methyl/N-ethyl adjacent to an activating group) is 1. The van der Waals surface area contributed by atoms with E-state index in [2.05, 4.69) is 26.6 Å². The van der Waals surface area contributed by atoms with E-state index in [4.69, 9.17) is 78.5 Å². The molecule has 7 aromatic rings. The van der Waals surface area contributed by atoms with Crippen LogP contribution in [0.25, 0.3) is 22.3 Å². The molecule has 7 aromatic carbocycles. The lowest BCUT2D eigenvalue weighted by Gasteiger charge is -2.48. The van der Waals surface area contributed by atoms with Crippen molar-refractivity contribution in [3.05, 3.63) is 176 Å². The highest BCUT2D eigenvalue weighted by Crippen LogP contribution is 2.51. The molecule has 17 atom stereocenters. The van der Waals surface area contributed by atoms with E-state index in [-0.39, 0.29) is 91.9 Å². The van der Waals surface area contributed by atoms with Crippen molar-refractivity contribution in [3.63, 3.8) is 0 Å². The van der Waals surface area contributed by atoms with Gasteiger partial charge in [-0.15, -0.1) is 0 Å². The highest BCUT2D eigenvalue weighted by Gasteiger charge is 2.52. The molecule has 11 bridgehead atoms. The number of phenols is 3. The number of nitrogens with one attached hydrogen (secondary N) is 5. The summed E-state index contributed by atoms with van der Waals surface area (Å²) in [7, 11) is 1.52. The van der Waals surface area contributed by atoms with Gasteiger partial charge < -0.3 is 107 Å². The van der Waals surface area contributed by atoms with Crippen LogP contribution in [0.1, 0.15) is 124 Å². The molecule has 7 aliphatic rings. The second-order valence-electron chi connectivity index (χ2n) is 29.7. The van der Waals surface area contributed by atoms with Crippen LogP contribution >= 0.6 is 34.8 Å². The van der Waals surface area contributed by atoms with Crippen molar-refractivity contribution in [3.8, 4) is 68.2 Å². The maximum Gasteiger partial charge on any atom is 0.373 e. The summed E-state index contributed by atoms with van der Waals surface area (Å²) in [6.07, 6.45) is -20.0. The lowest BCUT2D eigenvalue weighted by molar-refractivity contribution is -0.334. The molecule has 610 valence electrons. The van der Waals surface area contributed by atoms with Gasteiger partial charge in [-0.3, -0.25) is 33.6 Å². The number of rotatable bonds is 16. The number of benzene rings is 7. The van der Waals surface area contributed by atoms with Crippen molar-refractivity contribution < 1.29 is 118 Å². The molecule has 4 unspecified atom stereocenters. The van der Waals surface area contributed by atoms with E-state index in [0.717, 1.165) is 34.9 Å². The first kappa shape index (κ1) is 85.9. The predicted molar refractivity (Wildman–Crippen MR) is 411 cm³/mol. The minimum Gasteiger partial charge on any atom is -0.508 e. The molecular formula is C82H87Cl3N6O24. The number of hydrogen-bond donors (Lipinski definition) is 15. The number of ketones is 3. The molecule has 7 heterocycles. The number of hydrogen-bond acceptors (Lipinski definition) is 26. The Morgan fingerprint density at radius 3 is 1.92 bits per heavy atom. The Kier molecular flexibility index (Phi) is 27.6.